The van der Waals surface area contributed by atoms with Crippen molar-refractivity contribution in [1.29, 1.82) is 0 Å². The first-order chi connectivity index (χ1) is 12.1. The van der Waals surface area contributed by atoms with E-state index in [1.165, 1.54) is 21.9 Å². The number of nitrogens with one attached hydrogen (secondary N) is 2. The largest absolute Gasteiger partial charge is 0.382 e. The Morgan fingerprint density at radius 2 is 2.20 bits per heavy atom. The lowest BCUT2D eigenvalue weighted by Crippen LogP contribution is -2.08. The van der Waals surface area contributed by atoms with Crippen LogP contribution >= 0.6 is 10.5 Å². The van der Waals surface area contributed by atoms with E-state index in [1.807, 2.05) is 0 Å². The molecule has 1 aliphatic heterocycles. The summed E-state index contributed by atoms with van der Waals surface area (Å²) in [6, 6.07) is 8.75. The van der Waals surface area contributed by atoms with Crippen LogP contribution < -0.4 is 5.32 Å². The van der Waals surface area contributed by atoms with Crippen LogP contribution in [0.1, 0.15) is 50.3 Å². The molecule has 0 fully saturated rings. The molecule has 1 aliphatic rings. The normalized spacial score (nSPS) is 18.8. The number of methoxy groups -OCH3 is 1. The highest BCUT2D eigenvalue weighted by molar-refractivity contribution is 8.14. The van der Waals surface area contributed by atoms with Crippen LogP contribution in [-0.4, -0.2) is 35.0 Å². The molecule has 2 heterocycles. The molecule has 0 bridgehead atoms. The Hall–Kier alpha value is -1.59. The van der Waals surface area contributed by atoms with Crippen LogP contribution in [0.3, 0.4) is 0 Å². The number of aromatic nitrogens is 2. The standard InChI is InChI=1S/C20H29N3OS/c1-5-15(7-6-14(2)24-3)18-13-20(23-22-18)21-17-9-8-16-10-11-25(4)19(16)12-17/h8-9,12-15H,4-7,10-11H2,1-3H3,(H2,21,22,23). The van der Waals surface area contributed by atoms with Crippen LogP contribution in [0.25, 0.3) is 0 Å². The molecule has 3 atom stereocenters. The number of rotatable bonds is 8. The number of benzene rings is 1. The van der Waals surface area contributed by atoms with Gasteiger partial charge in [0.15, 0.2) is 5.82 Å². The molecule has 0 spiro atoms. The molecule has 3 rings (SSSR count). The topological polar surface area (TPSA) is 49.9 Å². The molecule has 4 nitrogen and oxygen atoms in total. The third-order valence-electron chi connectivity index (χ3n) is 5.12. The van der Waals surface area contributed by atoms with Crippen LogP contribution in [0.4, 0.5) is 11.5 Å². The second kappa shape index (κ2) is 8.19. The van der Waals surface area contributed by atoms with Crippen molar-refractivity contribution in [3.05, 3.63) is 35.5 Å². The van der Waals surface area contributed by atoms with E-state index in [9.17, 15) is 0 Å². The number of aryl methyl sites for hydroxylation is 1. The molecular weight excluding hydrogens is 330 g/mol. The van der Waals surface area contributed by atoms with Gasteiger partial charge in [0.1, 0.15) is 0 Å². The van der Waals surface area contributed by atoms with Gasteiger partial charge in [-0.2, -0.15) is 15.6 Å². The number of fused-ring (bicyclic) bond motifs is 1. The Labute approximate surface area is 153 Å². The van der Waals surface area contributed by atoms with Crippen LogP contribution in [-0.2, 0) is 11.2 Å². The van der Waals surface area contributed by atoms with Crippen LogP contribution in [0.15, 0.2) is 29.2 Å². The molecule has 0 saturated carbocycles. The Morgan fingerprint density at radius 3 is 2.96 bits per heavy atom. The third kappa shape index (κ3) is 4.33. The monoisotopic (exact) mass is 359 g/mol. The van der Waals surface area contributed by atoms with E-state index < -0.39 is 0 Å². The number of anilines is 2. The number of aromatic amines is 1. The van der Waals surface area contributed by atoms with Crippen LogP contribution in [0.5, 0.6) is 0 Å². The predicted molar refractivity (Wildman–Crippen MR) is 109 cm³/mol. The molecule has 2 aromatic rings. The number of H-pyrrole nitrogens is 1. The lowest BCUT2D eigenvalue weighted by atomic mass is 9.95. The van der Waals surface area contributed by atoms with E-state index in [-0.39, 0.29) is 10.5 Å². The van der Waals surface area contributed by atoms with Crippen molar-refractivity contribution in [3.8, 4) is 0 Å². The van der Waals surface area contributed by atoms with Gasteiger partial charge in [0.2, 0.25) is 0 Å². The molecule has 0 saturated heterocycles. The van der Waals surface area contributed by atoms with Gasteiger partial charge in [-0.15, -0.1) is 0 Å². The summed E-state index contributed by atoms with van der Waals surface area (Å²) in [5.41, 5.74) is 3.75. The zero-order valence-corrected chi connectivity index (χ0v) is 16.3. The zero-order valence-electron chi connectivity index (χ0n) is 15.5. The smallest absolute Gasteiger partial charge is 0.152 e. The van der Waals surface area contributed by atoms with Crippen molar-refractivity contribution in [2.24, 2.45) is 0 Å². The van der Waals surface area contributed by atoms with E-state index in [0.717, 1.165) is 37.2 Å². The van der Waals surface area contributed by atoms with Gasteiger partial charge < -0.3 is 10.1 Å². The summed E-state index contributed by atoms with van der Waals surface area (Å²) in [5, 5.41) is 11.1. The van der Waals surface area contributed by atoms with E-state index in [0.29, 0.717) is 12.0 Å². The van der Waals surface area contributed by atoms with Crippen molar-refractivity contribution in [1.82, 2.24) is 10.2 Å². The van der Waals surface area contributed by atoms with E-state index in [1.54, 1.807) is 7.11 Å². The highest BCUT2D eigenvalue weighted by atomic mass is 32.2. The first kappa shape index (κ1) is 18.2. The molecule has 1 aromatic heterocycles. The first-order valence-corrected chi connectivity index (χ1v) is 10.7. The molecule has 0 radical (unpaired) electrons. The van der Waals surface area contributed by atoms with Crippen molar-refractivity contribution in [2.45, 2.75) is 56.4 Å². The van der Waals surface area contributed by atoms with Crippen LogP contribution in [0.2, 0.25) is 0 Å². The number of nitrogens with zero attached hydrogens (tertiary/aromatic N) is 1. The molecular formula is C20H29N3OS. The average molecular weight is 360 g/mol. The van der Waals surface area contributed by atoms with Gasteiger partial charge in [-0.3, -0.25) is 5.10 Å². The summed E-state index contributed by atoms with van der Waals surface area (Å²) < 4.78 is 5.37. The maximum atomic E-state index is 5.37. The Bertz CT molecular complexity index is 740. The minimum atomic E-state index is 0.142. The molecule has 136 valence electrons. The highest BCUT2D eigenvalue weighted by Gasteiger charge is 2.16. The van der Waals surface area contributed by atoms with Gasteiger partial charge in [-0.05, 0) is 56.1 Å². The van der Waals surface area contributed by atoms with Gasteiger partial charge in [0.25, 0.3) is 0 Å². The summed E-state index contributed by atoms with van der Waals surface area (Å²) in [6.07, 6.45) is 4.73. The molecule has 3 unspecified atom stereocenters. The SMILES string of the molecule is C=S1CCc2ccc(Nc3cc(C(CC)CCC(C)OC)[nH]n3)cc21. The van der Waals surface area contributed by atoms with Crippen molar-refractivity contribution in [2.75, 3.05) is 18.2 Å². The minimum absolute atomic E-state index is 0.142. The first-order valence-electron chi connectivity index (χ1n) is 9.09. The quantitative estimate of drug-likeness (QED) is 0.646. The summed E-state index contributed by atoms with van der Waals surface area (Å²) in [4.78, 5) is 1.40. The Kier molecular flexibility index (Phi) is 5.97. The number of hydrogen-bond donors (Lipinski definition) is 2. The van der Waals surface area contributed by atoms with Gasteiger partial charge in [-0.25, -0.2) is 0 Å². The maximum Gasteiger partial charge on any atom is 0.152 e. The van der Waals surface area contributed by atoms with Crippen molar-refractivity contribution >= 4 is 27.9 Å². The van der Waals surface area contributed by atoms with E-state index >= 15 is 0 Å². The zero-order chi connectivity index (χ0) is 17.8. The van der Waals surface area contributed by atoms with Gasteiger partial charge >= 0.3 is 0 Å². The number of hydrogen-bond acceptors (Lipinski definition) is 3. The lowest BCUT2D eigenvalue weighted by molar-refractivity contribution is 0.107. The van der Waals surface area contributed by atoms with Crippen molar-refractivity contribution < 1.29 is 4.74 Å². The maximum absolute atomic E-state index is 5.37. The van der Waals surface area contributed by atoms with Crippen molar-refractivity contribution in [3.63, 3.8) is 0 Å². The van der Waals surface area contributed by atoms with Gasteiger partial charge in [0.05, 0.1) is 6.10 Å². The predicted octanol–water partition coefficient (Wildman–Crippen LogP) is 5.08. The van der Waals surface area contributed by atoms with E-state index in [4.69, 9.17) is 4.74 Å². The fraction of sp³-hybridized carbons (Fsp3) is 0.500. The molecule has 0 aliphatic carbocycles. The van der Waals surface area contributed by atoms with E-state index in [2.05, 4.69) is 59.5 Å². The average Bonchev–Trinajstić information content (AvgIpc) is 3.23. The lowest BCUT2D eigenvalue weighted by Gasteiger charge is -2.15. The molecule has 25 heavy (non-hydrogen) atoms. The molecule has 2 N–H and O–H groups in total. The Morgan fingerprint density at radius 1 is 1.36 bits per heavy atom. The second-order valence-corrected chi connectivity index (χ2v) is 8.67. The second-order valence-electron chi connectivity index (χ2n) is 6.83. The Balaban J connectivity index is 1.67. The molecule has 1 aromatic carbocycles. The molecule has 0 amide bonds. The van der Waals surface area contributed by atoms with Gasteiger partial charge in [-0.1, -0.05) is 18.9 Å². The fourth-order valence-electron chi connectivity index (χ4n) is 3.34. The summed E-state index contributed by atoms with van der Waals surface area (Å²) in [6.45, 7) is 4.35. The van der Waals surface area contributed by atoms with Gasteiger partial charge in [0, 0.05) is 35.4 Å². The summed E-state index contributed by atoms with van der Waals surface area (Å²) in [5.74, 6) is 6.84. The number of ether oxygens (including phenoxy) is 1. The summed E-state index contributed by atoms with van der Waals surface area (Å²) >= 11 is 0. The third-order valence-corrected chi connectivity index (χ3v) is 6.82. The molecule has 5 heteroatoms. The minimum Gasteiger partial charge on any atom is -0.382 e. The highest BCUT2D eigenvalue weighted by Crippen LogP contribution is 2.38. The summed E-state index contributed by atoms with van der Waals surface area (Å²) in [7, 11) is 1.92. The van der Waals surface area contributed by atoms with Crippen LogP contribution in [0, 0.1) is 0 Å². The fourth-order valence-corrected chi connectivity index (χ4v) is 4.86.